The maximum atomic E-state index is 13.5. The smallest absolute Gasteiger partial charge is 0.127 e. The highest BCUT2D eigenvalue weighted by Gasteiger charge is 2.18. The molecule has 3 rings (SSSR count). The predicted octanol–water partition coefficient (Wildman–Crippen LogP) is 3.80. The molecule has 0 saturated carbocycles. The van der Waals surface area contributed by atoms with Gasteiger partial charge in [0.15, 0.2) is 0 Å². The summed E-state index contributed by atoms with van der Waals surface area (Å²) in [6, 6.07) is 11.2. The normalized spacial score (nSPS) is 14.3. The third-order valence-electron chi connectivity index (χ3n) is 3.57. The molecule has 1 aliphatic rings. The van der Waals surface area contributed by atoms with Crippen LogP contribution in [0, 0.1) is 12.7 Å². The molecule has 2 aromatic rings. The first-order chi connectivity index (χ1) is 9.13. The number of nitrogen functional groups attached to an aromatic ring is 1. The molecule has 0 atom stereocenters. The molecule has 19 heavy (non-hydrogen) atoms. The molecule has 0 aromatic heterocycles. The van der Waals surface area contributed by atoms with Gasteiger partial charge < -0.3 is 10.6 Å². The Morgan fingerprint density at radius 2 is 2.00 bits per heavy atom. The minimum absolute atomic E-state index is 0.283. The van der Waals surface area contributed by atoms with Crippen molar-refractivity contribution < 1.29 is 4.39 Å². The maximum absolute atomic E-state index is 13.5. The van der Waals surface area contributed by atoms with E-state index in [1.54, 1.807) is 6.07 Å². The zero-order valence-corrected chi connectivity index (χ0v) is 11.0. The fourth-order valence-corrected chi connectivity index (χ4v) is 2.75. The van der Waals surface area contributed by atoms with E-state index in [4.69, 9.17) is 5.73 Å². The number of halogens is 1. The lowest BCUT2D eigenvalue weighted by Gasteiger charge is -2.31. The van der Waals surface area contributed by atoms with Crippen LogP contribution in [-0.2, 0) is 6.42 Å². The van der Waals surface area contributed by atoms with Crippen molar-refractivity contribution >= 4 is 17.1 Å². The van der Waals surface area contributed by atoms with Gasteiger partial charge in [-0.3, -0.25) is 0 Å². The molecule has 0 bridgehead atoms. The number of aryl methyl sites for hydroxylation is 2. The molecule has 1 aliphatic heterocycles. The number of nitrogens with two attached hydrogens (primary N) is 1. The first kappa shape index (κ1) is 12.0. The van der Waals surface area contributed by atoms with Crippen molar-refractivity contribution in [3.05, 3.63) is 53.3 Å². The largest absolute Gasteiger partial charge is 0.399 e. The van der Waals surface area contributed by atoms with Gasteiger partial charge in [-0.2, -0.15) is 0 Å². The van der Waals surface area contributed by atoms with Crippen LogP contribution in [0.3, 0.4) is 0 Å². The van der Waals surface area contributed by atoms with Crippen molar-refractivity contribution in [3.8, 4) is 0 Å². The molecule has 0 saturated heterocycles. The molecule has 1 heterocycles. The van der Waals surface area contributed by atoms with E-state index < -0.39 is 0 Å². The van der Waals surface area contributed by atoms with Gasteiger partial charge in [-0.05, 0) is 49.6 Å². The summed E-state index contributed by atoms with van der Waals surface area (Å²) in [5, 5.41) is 0. The Balaban J connectivity index is 2.08. The van der Waals surface area contributed by atoms with Crippen LogP contribution in [0.1, 0.15) is 17.5 Å². The maximum Gasteiger partial charge on any atom is 0.127 e. The zero-order chi connectivity index (χ0) is 13.4. The Morgan fingerprint density at radius 1 is 1.16 bits per heavy atom. The zero-order valence-electron chi connectivity index (χ0n) is 11.0. The average molecular weight is 256 g/mol. The van der Waals surface area contributed by atoms with Crippen molar-refractivity contribution in [1.82, 2.24) is 0 Å². The summed E-state index contributed by atoms with van der Waals surface area (Å²) in [4.78, 5) is 2.15. The molecule has 0 fully saturated rings. The summed E-state index contributed by atoms with van der Waals surface area (Å²) in [5.74, 6) is -0.283. The highest BCUT2D eigenvalue weighted by Crippen LogP contribution is 2.35. The minimum atomic E-state index is -0.283. The number of rotatable bonds is 1. The molecular weight excluding hydrogens is 239 g/mol. The van der Waals surface area contributed by atoms with Crippen LogP contribution in [-0.4, -0.2) is 6.54 Å². The molecule has 0 spiro atoms. The summed E-state index contributed by atoms with van der Waals surface area (Å²) >= 11 is 0. The minimum Gasteiger partial charge on any atom is -0.399 e. The van der Waals surface area contributed by atoms with Crippen LogP contribution in [0.2, 0.25) is 0 Å². The first-order valence-corrected chi connectivity index (χ1v) is 6.56. The molecular formula is C16H17FN2. The van der Waals surface area contributed by atoms with E-state index in [2.05, 4.69) is 30.0 Å². The number of fused-ring (bicyclic) bond motifs is 1. The van der Waals surface area contributed by atoms with Gasteiger partial charge in [0, 0.05) is 23.6 Å². The summed E-state index contributed by atoms with van der Waals surface area (Å²) in [7, 11) is 0. The van der Waals surface area contributed by atoms with Crippen molar-refractivity contribution in [2.75, 3.05) is 17.2 Å². The summed E-state index contributed by atoms with van der Waals surface area (Å²) in [6.45, 7) is 3.00. The van der Waals surface area contributed by atoms with Gasteiger partial charge in [0.2, 0.25) is 0 Å². The Hall–Kier alpha value is -2.03. The van der Waals surface area contributed by atoms with E-state index in [0.717, 1.165) is 25.1 Å². The van der Waals surface area contributed by atoms with E-state index in [-0.39, 0.29) is 5.82 Å². The average Bonchev–Trinajstić information content (AvgIpc) is 2.36. The van der Waals surface area contributed by atoms with Crippen LogP contribution in [0.25, 0.3) is 0 Å². The topological polar surface area (TPSA) is 29.3 Å². The second-order valence-corrected chi connectivity index (χ2v) is 5.13. The monoisotopic (exact) mass is 256 g/mol. The van der Waals surface area contributed by atoms with Crippen molar-refractivity contribution in [2.24, 2.45) is 0 Å². The molecule has 2 nitrogen and oxygen atoms in total. The Kier molecular flexibility index (Phi) is 2.90. The van der Waals surface area contributed by atoms with Gasteiger partial charge in [0.25, 0.3) is 0 Å². The second kappa shape index (κ2) is 4.57. The third kappa shape index (κ3) is 2.28. The van der Waals surface area contributed by atoms with Gasteiger partial charge in [0.05, 0.1) is 0 Å². The Labute approximate surface area is 112 Å². The van der Waals surface area contributed by atoms with Gasteiger partial charge >= 0.3 is 0 Å². The van der Waals surface area contributed by atoms with Crippen LogP contribution in [0.4, 0.5) is 21.5 Å². The quantitative estimate of drug-likeness (QED) is 0.786. The first-order valence-electron chi connectivity index (χ1n) is 6.56. The van der Waals surface area contributed by atoms with Crippen LogP contribution in [0.15, 0.2) is 36.4 Å². The number of hydrogen-bond acceptors (Lipinski definition) is 2. The molecule has 0 radical (unpaired) electrons. The lowest BCUT2D eigenvalue weighted by atomic mass is 9.99. The summed E-state index contributed by atoms with van der Waals surface area (Å²) in [5.41, 5.74) is 10.8. The van der Waals surface area contributed by atoms with Crippen molar-refractivity contribution in [2.45, 2.75) is 19.8 Å². The van der Waals surface area contributed by atoms with Gasteiger partial charge in [-0.15, -0.1) is 0 Å². The molecule has 2 N–H and O–H groups in total. The second-order valence-electron chi connectivity index (χ2n) is 5.13. The SMILES string of the molecule is Cc1ccc2c(c1)CCCN2c1cc(N)cc(F)c1. The molecule has 3 heteroatoms. The van der Waals surface area contributed by atoms with E-state index in [9.17, 15) is 4.39 Å². The Morgan fingerprint density at radius 3 is 2.79 bits per heavy atom. The molecule has 2 aromatic carbocycles. The predicted molar refractivity (Wildman–Crippen MR) is 77.3 cm³/mol. The molecule has 98 valence electrons. The summed E-state index contributed by atoms with van der Waals surface area (Å²) < 4.78 is 13.5. The fourth-order valence-electron chi connectivity index (χ4n) is 2.75. The van der Waals surface area contributed by atoms with Crippen LogP contribution >= 0.6 is 0 Å². The van der Waals surface area contributed by atoms with Crippen LogP contribution in [0.5, 0.6) is 0 Å². The van der Waals surface area contributed by atoms with E-state index in [0.29, 0.717) is 5.69 Å². The van der Waals surface area contributed by atoms with Gasteiger partial charge in [-0.1, -0.05) is 17.7 Å². The number of anilines is 3. The van der Waals surface area contributed by atoms with E-state index in [1.807, 2.05) is 6.07 Å². The lowest BCUT2D eigenvalue weighted by Crippen LogP contribution is -2.24. The molecule has 0 amide bonds. The third-order valence-corrected chi connectivity index (χ3v) is 3.57. The molecule has 0 aliphatic carbocycles. The highest BCUT2D eigenvalue weighted by atomic mass is 19.1. The van der Waals surface area contributed by atoms with Crippen LogP contribution < -0.4 is 10.6 Å². The standard InChI is InChI=1S/C16H17FN2/c1-11-4-5-16-12(7-11)3-2-6-19(16)15-9-13(17)8-14(18)10-15/h4-5,7-10H,2-3,6,18H2,1H3. The number of benzene rings is 2. The van der Waals surface area contributed by atoms with Crippen molar-refractivity contribution in [3.63, 3.8) is 0 Å². The Bertz CT molecular complexity index is 602. The highest BCUT2D eigenvalue weighted by molar-refractivity contribution is 5.70. The lowest BCUT2D eigenvalue weighted by molar-refractivity contribution is 0.627. The molecule has 0 unspecified atom stereocenters. The van der Waals surface area contributed by atoms with E-state index >= 15 is 0 Å². The van der Waals surface area contributed by atoms with Gasteiger partial charge in [0.1, 0.15) is 5.82 Å². The van der Waals surface area contributed by atoms with Crippen molar-refractivity contribution in [1.29, 1.82) is 0 Å². The number of hydrogen-bond donors (Lipinski definition) is 1. The van der Waals surface area contributed by atoms with E-state index in [1.165, 1.54) is 22.9 Å². The fraction of sp³-hybridized carbons (Fsp3) is 0.250. The van der Waals surface area contributed by atoms with Gasteiger partial charge in [-0.25, -0.2) is 4.39 Å². The summed E-state index contributed by atoms with van der Waals surface area (Å²) in [6.07, 6.45) is 2.16. The number of nitrogens with zero attached hydrogens (tertiary/aromatic N) is 1.